The van der Waals surface area contributed by atoms with Gasteiger partial charge in [0.2, 0.25) is 0 Å². The average Bonchev–Trinajstić information content (AvgIpc) is 2.97. The van der Waals surface area contributed by atoms with E-state index in [0.717, 1.165) is 18.4 Å². The topological polar surface area (TPSA) is 9.23 Å². The third-order valence-corrected chi connectivity index (χ3v) is 2.33. The van der Waals surface area contributed by atoms with Crippen LogP contribution in [-0.2, 0) is 0 Å². The minimum absolute atomic E-state index is 0.373. The normalized spacial score (nSPS) is 16.5. The predicted octanol–water partition coefficient (Wildman–Crippen LogP) is 3.51. The van der Waals surface area contributed by atoms with E-state index in [4.69, 9.17) is 4.74 Å². The van der Waals surface area contributed by atoms with Crippen LogP contribution in [0.5, 0.6) is 5.75 Å². The zero-order valence-corrected chi connectivity index (χ0v) is 8.05. The first kappa shape index (κ1) is 10.3. The number of hydrogen-bond acceptors (Lipinski definition) is 1. The molecule has 15 heavy (non-hydrogen) atoms. The first-order valence-electron chi connectivity index (χ1n) is 4.85. The molecule has 0 unspecified atom stereocenters. The van der Waals surface area contributed by atoms with Gasteiger partial charge >= 0.3 is 6.18 Å². The Kier molecular flexibility index (Phi) is 2.59. The summed E-state index contributed by atoms with van der Waals surface area (Å²) in [6.07, 6.45) is -2.17. The van der Waals surface area contributed by atoms with Gasteiger partial charge in [0.1, 0.15) is 5.75 Å². The van der Waals surface area contributed by atoms with Gasteiger partial charge in [-0.3, -0.25) is 0 Å². The summed E-state index contributed by atoms with van der Waals surface area (Å²) in [6.45, 7) is -1.21. The molecule has 0 N–H and O–H groups in total. The summed E-state index contributed by atoms with van der Waals surface area (Å²) in [5.74, 6) is 0.770. The zero-order chi connectivity index (χ0) is 10.9. The van der Waals surface area contributed by atoms with Crippen LogP contribution in [0.15, 0.2) is 24.3 Å². The molecule has 4 heteroatoms. The van der Waals surface area contributed by atoms with Crippen molar-refractivity contribution in [2.24, 2.45) is 0 Å². The molecule has 0 saturated heterocycles. The average molecular weight is 216 g/mol. The van der Waals surface area contributed by atoms with Gasteiger partial charge in [-0.25, -0.2) is 0 Å². The summed E-state index contributed by atoms with van der Waals surface area (Å²) in [6, 6.07) is 6.95. The van der Waals surface area contributed by atoms with E-state index in [1.807, 2.05) is 12.1 Å². The second kappa shape index (κ2) is 3.76. The van der Waals surface area contributed by atoms with Gasteiger partial charge in [0.25, 0.3) is 0 Å². The van der Waals surface area contributed by atoms with Crippen molar-refractivity contribution in [2.45, 2.75) is 24.9 Å². The molecule has 82 valence electrons. The fourth-order valence-electron chi connectivity index (χ4n) is 1.50. The lowest BCUT2D eigenvalue weighted by Gasteiger charge is -2.12. The Morgan fingerprint density at radius 1 is 1.20 bits per heavy atom. The Morgan fingerprint density at radius 3 is 2.47 bits per heavy atom. The minimum atomic E-state index is -4.27. The number of hydrogen-bond donors (Lipinski definition) is 0. The highest BCUT2D eigenvalue weighted by molar-refractivity contribution is 5.38. The zero-order valence-electron chi connectivity index (χ0n) is 8.05. The molecule has 0 aromatic heterocycles. The summed E-state index contributed by atoms with van der Waals surface area (Å²) in [7, 11) is 0. The molecule has 2 rings (SSSR count). The fourth-order valence-corrected chi connectivity index (χ4v) is 1.50. The van der Waals surface area contributed by atoms with Gasteiger partial charge in [-0.1, -0.05) is 18.2 Å². The van der Waals surface area contributed by atoms with Gasteiger partial charge in [-0.05, 0) is 30.4 Å². The minimum Gasteiger partial charge on any atom is -0.484 e. The molecule has 1 aromatic carbocycles. The molecule has 0 aliphatic heterocycles. The third kappa shape index (κ3) is 2.88. The van der Waals surface area contributed by atoms with Crippen molar-refractivity contribution in [1.29, 1.82) is 0 Å². The van der Waals surface area contributed by atoms with Crippen LogP contribution in [-0.4, -0.2) is 12.8 Å². The largest absolute Gasteiger partial charge is 0.484 e. The van der Waals surface area contributed by atoms with Crippen molar-refractivity contribution in [1.82, 2.24) is 0 Å². The molecule has 1 saturated carbocycles. The van der Waals surface area contributed by atoms with Gasteiger partial charge in [0.05, 0.1) is 0 Å². The first-order chi connectivity index (χ1) is 7.06. The maximum atomic E-state index is 12.0. The monoisotopic (exact) mass is 216 g/mol. The van der Waals surface area contributed by atoms with Gasteiger partial charge in [-0.15, -0.1) is 0 Å². The molecule has 0 atom stereocenters. The Hall–Kier alpha value is -1.19. The van der Waals surface area contributed by atoms with Crippen molar-refractivity contribution in [3.8, 4) is 5.75 Å². The smallest absolute Gasteiger partial charge is 0.422 e. The summed E-state index contributed by atoms with van der Waals surface area (Å²) in [5, 5.41) is 0. The Bertz CT molecular complexity index is 342. The number of halogens is 3. The van der Waals surface area contributed by atoms with E-state index in [1.54, 1.807) is 12.1 Å². The van der Waals surface area contributed by atoms with Crippen LogP contribution < -0.4 is 4.74 Å². The second-order valence-electron chi connectivity index (χ2n) is 3.72. The molecule has 0 amide bonds. The molecule has 0 radical (unpaired) electrons. The summed E-state index contributed by atoms with van der Waals surface area (Å²) < 4.78 is 40.7. The van der Waals surface area contributed by atoms with Crippen molar-refractivity contribution >= 4 is 0 Å². The van der Waals surface area contributed by atoms with E-state index in [0.29, 0.717) is 11.7 Å². The lowest BCUT2D eigenvalue weighted by molar-refractivity contribution is -0.153. The van der Waals surface area contributed by atoms with Crippen molar-refractivity contribution in [3.63, 3.8) is 0 Å². The molecule has 0 bridgehead atoms. The number of rotatable bonds is 3. The van der Waals surface area contributed by atoms with Crippen molar-refractivity contribution in [2.75, 3.05) is 6.61 Å². The van der Waals surface area contributed by atoms with Crippen molar-refractivity contribution < 1.29 is 17.9 Å². The Balaban J connectivity index is 2.06. The van der Waals surface area contributed by atoms with E-state index in [9.17, 15) is 13.2 Å². The molecular formula is C11H11F3O. The van der Waals surface area contributed by atoms with Crippen molar-refractivity contribution in [3.05, 3.63) is 29.8 Å². The highest BCUT2D eigenvalue weighted by atomic mass is 19.4. The predicted molar refractivity (Wildman–Crippen MR) is 50.0 cm³/mol. The maximum Gasteiger partial charge on any atom is 0.422 e. The number of benzene rings is 1. The number of ether oxygens (including phenoxy) is 1. The molecule has 1 aliphatic carbocycles. The standard InChI is InChI=1S/C11H11F3O/c12-11(13,14)7-15-10-4-2-1-3-9(10)8-5-6-8/h1-4,8H,5-7H2. The van der Waals surface area contributed by atoms with Crippen LogP contribution >= 0.6 is 0 Å². The van der Waals surface area contributed by atoms with Gasteiger partial charge in [0.15, 0.2) is 6.61 Å². The van der Waals surface area contributed by atoms with Gasteiger partial charge in [0, 0.05) is 0 Å². The van der Waals surface area contributed by atoms with Gasteiger partial charge < -0.3 is 4.74 Å². The fraction of sp³-hybridized carbons (Fsp3) is 0.455. The Morgan fingerprint density at radius 2 is 1.87 bits per heavy atom. The number of para-hydroxylation sites is 1. The van der Waals surface area contributed by atoms with E-state index in [1.165, 1.54) is 0 Å². The lowest BCUT2D eigenvalue weighted by atomic mass is 10.1. The van der Waals surface area contributed by atoms with E-state index in [-0.39, 0.29) is 0 Å². The molecule has 1 aliphatic rings. The molecule has 0 spiro atoms. The van der Waals surface area contributed by atoms with Crippen LogP contribution in [0.1, 0.15) is 24.3 Å². The summed E-state index contributed by atoms with van der Waals surface area (Å²) in [4.78, 5) is 0. The molecule has 1 nitrogen and oxygen atoms in total. The highest BCUT2D eigenvalue weighted by Gasteiger charge is 2.31. The Labute approximate surface area is 85.9 Å². The van der Waals surface area contributed by atoms with Crippen LogP contribution in [0, 0.1) is 0 Å². The second-order valence-corrected chi connectivity index (χ2v) is 3.72. The quantitative estimate of drug-likeness (QED) is 0.751. The third-order valence-electron chi connectivity index (χ3n) is 2.33. The number of alkyl halides is 3. The SMILES string of the molecule is FC(F)(F)COc1ccccc1C1CC1. The van der Waals surface area contributed by atoms with Crippen LogP contribution in [0.25, 0.3) is 0 Å². The van der Waals surface area contributed by atoms with Gasteiger partial charge in [-0.2, -0.15) is 13.2 Å². The first-order valence-corrected chi connectivity index (χ1v) is 4.85. The summed E-state index contributed by atoms with van der Waals surface area (Å²) >= 11 is 0. The molecular weight excluding hydrogens is 205 g/mol. The summed E-state index contributed by atoms with van der Waals surface area (Å²) in [5.41, 5.74) is 0.904. The van der Waals surface area contributed by atoms with E-state index in [2.05, 4.69) is 0 Å². The lowest BCUT2D eigenvalue weighted by Crippen LogP contribution is -2.19. The molecule has 1 fully saturated rings. The maximum absolute atomic E-state index is 12.0. The van der Waals surface area contributed by atoms with E-state index >= 15 is 0 Å². The highest BCUT2D eigenvalue weighted by Crippen LogP contribution is 2.44. The van der Waals surface area contributed by atoms with E-state index < -0.39 is 12.8 Å². The van der Waals surface area contributed by atoms with Crippen LogP contribution in [0.3, 0.4) is 0 Å². The van der Waals surface area contributed by atoms with Crippen LogP contribution in [0.2, 0.25) is 0 Å². The molecule has 0 heterocycles. The van der Waals surface area contributed by atoms with Crippen LogP contribution in [0.4, 0.5) is 13.2 Å². The molecule has 1 aromatic rings.